The van der Waals surface area contributed by atoms with Crippen molar-refractivity contribution in [2.75, 3.05) is 0 Å². The molecule has 1 fully saturated rings. The van der Waals surface area contributed by atoms with E-state index in [0.29, 0.717) is 23.2 Å². The number of allylic oxidation sites excluding steroid dienone is 1. The van der Waals surface area contributed by atoms with Gasteiger partial charge in [0, 0.05) is 17.7 Å². The van der Waals surface area contributed by atoms with Crippen molar-refractivity contribution in [1.82, 2.24) is 0 Å². The second kappa shape index (κ2) is 8.89. The summed E-state index contributed by atoms with van der Waals surface area (Å²) in [6, 6.07) is 19.4. The highest BCUT2D eigenvalue weighted by atomic mass is 16.3. The molecule has 0 amide bonds. The van der Waals surface area contributed by atoms with Gasteiger partial charge in [0.1, 0.15) is 5.75 Å². The second-order valence-electron chi connectivity index (χ2n) is 8.86. The van der Waals surface area contributed by atoms with Crippen LogP contribution in [0.25, 0.3) is 16.8 Å². The topological polar surface area (TPSA) is 49.7 Å². The molecule has 0 spiro atoms. The number of benzene rings is 3. The lowest BCUT2D eigenvalue weighted by Gasteiger charge is -2.30. The predicted molar refractivity (Wildman–Crippen MR) is 129 cm³/mol. The Labute approximate surface area is 184 Å². The summed E-state index contributed by atoms with van der Waals surface area (Å²) in [7, 11) is 0. The van der Waals surface area contributed by atoms with Crippen LogP contribution in [0.1, 0.15) is 44.7 Å². The Morgan fingerprint density at radius 2 is 1.74 bits per heavy atom. The molecule has 3 aromatic carbocycles. The first-order valence-electron chi connectivity index (χ1n) is 11.0. The maximum absolute atomic E-state index is 12.9. The van der Waals surface area contributed by atoms with Crippen LogP contribution < -0.4 is 0 Å². The number of fused-ring (bicyclic) bond motifs is 1. The van der Waals surface area contributed by atoms with Crippen LogP contribution in [0.2, 0.25) is 0 Å². The number of rotatable bonds is 4. The van der Waals surface area contributed by atoms with E-state index >= 15 is 0 Å². The largest absolute Gasteiger partial charge is 0.507 e. The molecule has 4 rings (SSSR count). The lowest BCUT2D eigenvalue weighted by atomic mass is 9.73. The van der Waals surface area contributed by atoms with Crippen molar-refractivity contribution in [3.05, 3.63) is 77.4 Å². The molecular weight excluding hydrogens is 382 g/mol. The number of carbonyl (C=O) groups is 1. The molecule has 2 atom stereocenters. The fourth-order valence-electron chi connectivity index (χ4n) is 4.42. The smallest absolute Gasteiger partial charge is 0.162 e. The van der Waals surface area contributed by atoms with Gasteiger partial charge in [0.2, 0.25) is 0 Å². The average molecular weight is 412 g/mol. The normalized spacial score (nSPS) is 20.9. The molecule has 0 aromatic heterocycles. The maximum Gasteiger partial charge on any atom is 0.162 e. The Morgan fingerprint density at radius 3 is 2.48 bits per heavy atom. The van der Waals surface area contributed by atoms with Crippen LogP contribution >= 0.6 is 0 Å². The number of Topliss-reactive ketones (excluding diaryl/α,β-unsaturated/α-hetero) is 1. The molecule has 1 saturated carbocycles. The molecule has 0 unspecified atom stereocenters. The lowest BCUT2D eigenvalue weighted by molar-refractivity contribution is -0.122. The van der Waals surface area contributed by atoms with E-state index in [1.807, 2.05) is 60.7 Å². The van der Waals surface area contributed by atoms with Crippen molar-refractivity contribution >= 4 is 34.5 Å². The molecule has 1 N–H and O–H groups in total. The van der Waals surface area contributed by atoms with E-state index in [2.05, 4.69) is 25.8 Å². The first-order chi connectivity index (χ1) is 14.9. The molecule has 158 valence electrons. The standard InChI is InChI=1S/C28H29NO2/c1-18(2)23-14-8-19(3)25(28(23)31)16-20-9-12-22(13-10-20)29-17-26-24-7-5-4-6-21(24)11-15-27(26)30/h4-7,9-13,15-19,23,30H,8,14H2,1-3H3/t19-,23+/m0/s1. The van der Waals surface area contributed by atoms with Crippen LogP contribution in [0.5, 0.6) is 5.75 Å². The summed E-state index contributed by atoms with van der Waals surface area (Å²) in [5.41, 5.74) is 3.48. The number of hydrogen-bond acceptors (Lipinski definition) is 3. The number of phenols is 1. The summed E-state index contributed by atoms with van der Waals surface area (Å²) >= 11 is 0. The van der Waals surface area contributed by atoms with Gasteiger partial charge >= 0.3 is 0 Å². The van der Waals surface area contributed by atoms with E-state index in [4.69, 9.17) is 0 Å². The number of phenolic OH excluding ortho intramolecular Hbond substituents is 1. The highest BCUT2D eigenvalue weighted by Gasteiger charge is 2.32. The van der Waals surface area contributed by atoms with Crippen LogP contribution in [0.15, 0.2) is 71.2 Å². The SMILES string of the molecule is CC(C)[C@H]1CC[C@H](C)C(=Cc2ccc(N=Cc3c(O)ccc4ccccc34)cc2)C1=O. The Bertz CT molecular complexity index is 1160. The molecule has 3 aromatic rings. The van der Waals surface area contributed by atoms with Gasteiger partial charge in [-0.05, 0) is 70.9 Å². The van der Waals surface area contributed by atoms with Gasteiger partial charge in [0.15, 0.2) is 5.78 Å². The molecule has 0 aliphatic heterocycles. The molecule has 3 heteroatoms. The molecule has 31 heavy (non-hydrogen) atoms. The van der Waals surface area contributed by atoms with Crippen molar-refractivity contribution in [2.45, 2.75) is 33.6 Å². The van der Waals surface area contributed by atoms with Gasteiger partial charge in [-0.15, -0.1) is 0 Å². The van der Waals surface area contributed by atoms with E-state index in [-0.39, 0.29) is 11.7 Å². The van der Waals surface area contributed by atoms with E-state index in [1.54, 1.807) is 12.3 Å². The zero-order valence-electron chi connectivity index (χ0n) is 18.4. The molecule has 3 nitrogen and oxygen atoms in total. The maximum atomic E-state index is 12.9. The molecule has 0 heterocycles. The summed E-state index contributed by atoms with van der Waals surface area (Å²) in [6.45, 7) is 6.42. The number of ketones is 1. The monoisotopic (exact) mass is 411 g/mol. The van der Waals surface area contributed by atoms with Gasteiger partial charge in [0.05, 0.1) is 5.69 Å². The van der Waals surface area contributed by atoms with Gasteiger partial charge in [-0.2, -0.15) is 0 Å². The van der Waals surface area contributed by atoms with Crippen LogP contribution in [0.3, 0.4) is 0 Å². The van der Waals surface area contributed by atoms with Crippen LogP contribution in [0.4, 0.5) is 5.69 Å². The van der Waals surface area contributed by atoms with Crippen molar-refractivity contribution in [1.29, 1.82) is 0 Å². The van der Waals surface area contributed by atoms with E-state index in [1.165, 1.54) is 0 Å². The van der Waals surface area contributed by atoms with Gasteiger partial charge in [0.25, 0.3) is 0 Å². The zero-order chi connectivity index (χ0) is 22.0. The Kier molecular flexibility index (Phi) is 6.03. The Hall–Kier alpha value is -3.20. The third kappa shape index (κ3) is 4.46. The molecule has 0 radical (unpaired) electrons. The summed E-state index contributed by atoms with van der Waals surface area (Å²) in [5, 5.41) is 12.3. The summed E-state index contributed by atoms with van der Waals surface area (Å²) in [5.74, 6) is 1.34. The van der Waals surface area contributed by atoms with Gasteiger partial charge in [-0.3, -0.25) is 9.79 Å². The highest BCUT2D eigenvalue weighted by molar-refractivity contribution is 6.03. The quantitative estimate of drug-likeness (QED) is 0.373. The minimum atomic E-state index is 0.139. The van der Waals surface area contributed by atoms with Crippen molar-refractivity contribution in [3.63, 3.8) is 0 Å². The molecular formula is C28H29NO2. The molecule has 1 aliphatic rings. The third-order valence-electron chi connectivity index (χ3n) is 6.37. The molecule has 0 saturated heterocycles. The fourth-order valence-corrected chi connectivity index (χ4v) is 4.42. The Morgan fingerprint density at radius 1 is 1.00 bits per heavy atom. The van der Waals surface area contributed by atoms with Gasteiger partial charge < -0.3 is 5.11 Å². The molecule has 0 bridgehead atoms. The Balaban J connectivity index is 1.57. The summed E-state index contributed by atoms with van der Waals surface area (Å²) in [4.78, 5) is 17.5. The second-order valence-corrected chi connectivity index (χ2v) is 8.86. The molecule has 1 aliphatic carbocycles. The van der Waals surface area contributed by atoms with E-state index in [0.717, 1.165) is 40.4 Å². The number of nitrogens with zero attached hydrogens (tertiary/aromatic N) is 1. The highest BCUT2D eigenvalue weighted by Crippen LogP contribution is 2.35. The number of aliphatic imine (C=N–C) groups is 1. The van der Waals surface area contributed by atoms with Crippen LogP contribution in [-0.4, -0.2) is 17.1 Å². The minimum Gasteiger partial charge on any atom is -0.507 e. The zero-order valence-corrected chi connectivity index (χ0v) is 18.4. The predicted octanol–water partition coefficient (Wildman–Crippen LogP) is 6.95. The van der Waals surface area contributed by atoms with Crippen LogP contribution in [-0.2, 0) is 4.79 Å². The number of aromatic hydroxyl groups is 1. The van der Waals surface area contributed by atoms with E-state index in [9.17, 15) is 9.90 Å². The van der Waals surface area contributed by atoms with Gasteiger partial charge in [-0.25, -0.2) is 0 Å². The average Bonchev–Trinajstić information content (AvgIpc) is 2.76. The lowest BCUT2D eigenvalue weighted by Crippen LogP contribution is -2.30. The summed E-state index contributed by atoms with van der Waals surface area (Å²) < 4.78 is 0. The van der Waals surface area contributed by atoms with Crippen molar-refractivity contribution in [2.24, 2.45) is 22.7 Å². The minimum absolute atomic E-state index is 0.139. The van der Waals surface area contributed by atoms with Crippen molar-refractivity contribution < 1.29 is 9.90 Å². The number of carbonyl (C=O) groups excluding carboxylic acids is 1. The first kappa shape index (κ1) is 21.0. The van der Waals surface area contributed by atoms with Gasteiger partial charge in [-0.1, -0.05) is 63.2 Å². The first-order valence-corrected chi connectivity index (χ1v) is 11.0. The third-order valence-corrected chi connectivity index (χ3v) is 6.37. The van der Waals surface area contributed by atoms with Crippen molar-refractivity contribution in [3.8, 4) is 5.75 Å². The van der Waals surface area contributed by atoms with Crippen LogP contribution in [0, 0.1) is 17.8 Å². The summed E-state index contributed by atoms with van der Waals surface area (Å²) in [6.07, 6.45) is 5.82. The number of hydrogen-bond donors (Lipinski definition) is 1. The fraction of sp³-hybridized carbons (Fsp3) is 0.286. The van der Waals surface area contributed by atoms with E-state index < -0.39 is 0 Å².